The summed E-state index contributed by atoms with van der Waals surface area (Å²) in [4.78, 5) is 39.4. The summed E-state index contributed by atoms with van der Waals surface area (Å²) in [7, 11) is -2.96. The van der Waals surface area contributed by atoms with Crippen molar-refractivity contribution in [1.82, 2.24) is 5.32 Å². The first-order valence-corrected chi connectivity index (χ1v) is 13.8. The third kappa shape index (κ3) is 5.74. The van der Waals surface area contributed by atoms with Gasteiger partial charge in [0.25, 0.3) is 11.8 Å². The minimum atomic E-state index is -4.27. The van der Waals surface area contributed by atoms with Crippen LogP contribution < -0.4 is 19.1 Å². The molecule has 0 radical (unpaired) electrons. The molecule has 1 fully saturated rings. The molecule has 1 saturated heterocycles. The number of allylic oxidation sites excluding steroid dienone is 1. The molecule has 0 aliphatic carbocycles. The van der Waals surface area contributed by atoms with Crippen LogP contribution in [0, 0.1) is 6.92 Å². The predicted molar refractivity (Wildman–Crippen MR) is 151 cm³/mol. The van der Waals surface area contributed by atoms with Crippen molar-refractivity contribution in [2.24, 2.45) is 0 Å². The molecule has 0 atom stereocenters. The summed E-state index contributed by atoms with van der Waals surface area (Å²) in [5, 5.41) is 2.85. The topological polar surface area (TPSA) is 119 Å². The van der Waals surface area contributed by atoms with Gasteiger partial charge in [-0.05, 0) is 79.1 Å². The number of benzene rings is 3. The molecule has 40 heavy (non-hydrogen) atoms. The van der Waals surface area contributed by atoms with E-state index in [0.29, 0.717) is 26.7 Å². The molecular weight excluding hydrogens is 579 g/mol. The number of anilines is 1. The average Bonchev–Trinajstić information content (AvgIpc) is 2.90. The Bertz CT molecular complexity index is 1680. The first-order chi connectivity index (χ1) is 19.0. The lowest BCUT2D eigenvalue weighted by atomic mass is 10.0. The largest absolute Gasteiger partial charge is 0.493 e. The fraction of sp³-hybridized carbons (Fsp3) is 0.107. The Balaban J connectivity index is 1.78. The number of methoxy groups -OCH3 is 1. The van der Waals surface area contributed by atoms with E-state index in [4.69, 9.17) is 32.1 Å². The van der Waals surface area contributed by atoms with Gasteiger partial charge in [-0.2, -0.15) is 8.42 Å². The van der Waals surface area contributed by atoms with Crippen LogP contribution in [0.1, 0.15) is 16.7 Å². The molecule has 1 aliphatic rings. The summed E-state index contributed by atoms with van der Waals surface area (Å²) in [6.45, 7) is 5.34. The molecule has 0 bridgehead atoms. The van der Waals surface area contributed by atoms with Gasteiger partial charge in [0, 0.05) is 15.6 Å². The van der Waals surface area contributed by atoms with Gasteiger partial charge in [-0.25, -0.2) is 9.69 Å². The molecule has 9 nitrogen and oxygen atoms in total. The van der Waals surface area contributed by atoms with Gasteiger partial charge < -0.3 is 8.92 Å². The lowest BCUT2D eigenvalue weighted by Gasteiger charge is -2.27. The van der Waals surface area contributed by atoms with Crippen molar-refractivity contribution < 1.29 is 31.7 Å². The summed E-state index contributed by atoms with van der Waals surface area (Å²) in [5.74, 6) is -1.84. The van der Waals surface area contributed by atoms with Crippen LogP contribution in [0.2, 0.25) is 10.0 Å². The number of hydrogen-bond donors (Lipinski definition) is 1. The molecule has 0 spiro atoms. The number of halogens is 2. The van der Waals surface area contributed by atoms with E-state index in [0.717, 1.165) is 4.90 Å². The van der Waals surface area contributed by atoms with Gasteiger partial charge in [0.15, 0.2) is 11.5 Å². The normalized spacial score (nSPS) is 14.8. The van der Waals surface area contributed by atoms with Crippen molar-refractivity contribution in [2.75, 3.05) is 12.0 Å². The molecule has 4 rings (SSSR count). The van der Waals surface area contributed by atoms with Crippen molar-refractivity contribution in [3.8, 4) is 11.5 Å². The number of urea groups is 1. The van der Waals surface area contributed by atoms with Crippen molar-refractivity contribution in [1.29, 1.82) is 0 Å². The minimum absolute atomic E-state index is 0.0195. The van der Waals surface area contributed by atoms with Crippen molar-refractivity contribution in [3.63, 3.8) is 0 Å². The number of amides is 4. The first kappa shape index (κ1) is 28.9. The maximum absolute atomic E-state index is 13.4. The lowest BCUT2D eigenvalue weighted by molar-refractivity contribution is -0.122. The smallest absolute Gasteiger partial charge is 0.339 e. The van der Waals surface area contributed by atoms with Crippen LogP contribution in [-0.2, 0) is 26.1 Å². The highest BCUT2D eigenvalue weighted by molar-refractivity contribution is 7.87. The molecule has 3 aromatic carbocycles. The molecule has 1 N–H and O–H groups in total. The van der Waals surface area contributed by atoms with E-state index in [1.54, 1.807) is 19.1 Å². The quantitative estimate of drug-likeness (QED) is 0.157. The molecule has 206 valence electrons. The number of imide groups is 2. The number of barbiturate groups is 1. The Kier molecular flexibility index (Phi) is 8.34. The summed E-state index contributed by atoms with van der Waals surface area (Å²) < 4.78 is 36.8. The Morgan fingerprint density at radius 2 is 1.75 bits per heavy atom. The van der Waals surface area contributed by atoms with E-state index in [2.05, 4.69) is 11.9 Å². The molecule has 12 heteroatoms. The van der Waals surface area contributed by atoms with E-state index < -0.39 is 28.0 Å². The second-order valence-electron chi connectivity index (χ2n) is 8.54. The van der Waals surface area contributed by atoms with Gasteiger partial charge in [-0.3, -0.25) is 14.9 Å². The highest BCUT2D eigenvalue weighted by Crippen LogP contribution is 2.37. The Morgan fingerprint density at radius 1 is 1.05 bits per heavy atom. The SMILES string of the molecule is C=CCc1cc(/C=C2\C(=O)NC(=O)N(c3cccc(Cl)c3C)C2=O)cc(OC)c1OS(=O)(=O)c1ccc(Cl)cc1. The van der Waals surface area contributed by atoms with Crippen molar-refractivity contribution >= 4 is 62.9 Å². The molecule has 0 aromatic heterocycles. The highest BCUT2D eigenvalue weighted by atomic mass is 35.5. The number of ether oxygens (including phenoxy) is 1. The van der Waals surface area contributed by atoms with E-state index >= 15 is 0 Å². The zero-order valence-electron chi connectivity index (χ0n) is 21.2. The van der Waals surface area contributed by atoms with Gasteiger partial charge in [0.1, 0.15) is 10.5 Å². The van der Waals surface area contributed by atoms with Gasteiger partial charge in [-0.15, -0.1) is 6.58 Å². The number of nitrogens with zero attached hydrogens (tertiary/aromatic N) is 1. The van der Waals surface area contributed by atoms with Crippen LogP contribution in [0.25, 0.3) is 6.08 Å². The van der Waals surface area contributed by atoms with Gasteiger partial charge >= 0.3 is 16.1 Å². The molecule has 1 aliphatic heterocycles. The monoisotopic (exact) mass is 600 g/mol. The Hall–Kier alpha value is -4.12. The van der Waals surface area contributed by atoms with Crippen molar-refractivity contribution in [3.05, 3.63) is 99.6 Å². The predicted octanol–water partition coefficient (Wildman–Crippen LogP) is 5.47. The third-order valence-corrected chi connectivity index (χ3v) is 7.82. The molecule has 1 heterocycles. The number of nitrogens with one attached hydrogen (secondary N) is 1. The zero-order chi connectivity index (χ0) is 29.2. The fourth-order valence-corrected chi connectivity index (χ4v) is 5.23. The zero-order valence-corrected chi connectivity index (χ0v) is 23.6. The van der Waals surface area contributed by atoms with Crippen LogP contribution in [0.3, 0.4) is 0 Å². The van der Waals surface area contributed by atoms with E-state index in [1.165, 1.54) is 61.7 Å². The molecule has 0 unspecified atom stereocenters. The molecule has 3 aromatic rings. The number of rotatable bonds is 8. The number of carbonyl (C=O) groups is 3. The van der Waals surface area contributed by atoms with E-state index in [1.807, 2.05) is 0 Å². The maximum atomic E-state index is 13.4. The summed E-state index contributed by atoms with van der Waals surface area (Å²) in [5.41, 5.74) is 1.00. The standard InChI is InChI=1S/C28H22Cl2N2O7S/c1-4-6-18-13-17(15-24(38-3)25(18)39-40(36,37)20-11-9-19(29)10-12-20)14-21-26(33)31-28(35)32(27(21)34)23-8-5-7-22(30)16(23)2/h4-5,7-15H,1,6H2,2-3H3,(H,31,33,35)/b21-14+. The van der Waals surface area contributed by atoms with Crippen LogP contribution in [0.5, 0.6) is 11.5 Å². The van der Waals surface area contributed by atoms with Crippen molar-refractivity contribution in [2.45, 2.75) is 18.2 Å². The Labute approximate surface area is 240 Å². The highest BCUT2D eigenvalue weighted by Gasteiger charge is 2.37. The third-order valence-electron chi connectivity index (χ3n) is 5.93. The van der Waals surface area contributed by atoms with Gasteiger partial charge in [0.05, 0.1) is 12.8 Å². The van der Waals surface area contributed by atoms with E-state index in [-0.39, 0.29) is 34.1 Å². The summed E-state index contributed by atoms with van der Waals surface area (Å²) in [6.07, 6.45) is 2.95. The second-order valence-corrected chi connectivity index (χ2v) is 10.9. The van der Waals surface area contributed by atoms with Gasteiger partial charge in [0.2, 0.25) is 0 Å². The lowest BCUT2D eigenvalue weighted by Crippen LogP contribution is -2.54. The first-order valence-electron chi connectivity index (χ1n) is 11.6. The minimum Gasteiger partial charge on any atom is -0.493 e. The molecular formula is C28H22Cl2N2O7S. The van der Waals surface area contributed by atoms with Gasteiger partial charge in [-0.1, -0.05) is 35.3 Å². The summed E-state index contributed by atoms with van der Waals surface area (Å²) in [6, 6.07) is 12.2. The van der Waals surface area contributed by atoms with Crippen LogP contribution in [0.15, 0.2) is 77.7 Å². The van der Waals surface area contributed by atoms with Crippen LogP contribution >= 0.6 is 23.2 Å². The van der Waals surface area contributed by atoms with E-state index in [9.17, 15) is 22.8 Å². The van der Waals surface area contributed by atoms with Crippen LogP contribution in [0.4, 0.5) is 10.5 Å². The fourth-order valence-electron chi connectivity index (χ4n) is 3.96. The average molecular weight is 601 g/mol. The second kappa shape index (κ2) is 11.5. The number of carbonyl (C=O) groups excluding carboxylic acids is 3. The Morgan fingerprint density at radius 3 is 2.40 bits per heavy atom. The maximum Gasteiger partial charge on any atom is 0.339 e. The molecule has 4 amide bonds. The summed E-state index contributed by atoms with van der Waals surface area (Å²) >= 11 is 12.0. The molecule has 0 saturated carbocycles. The van der Waals surface area contributed by atoms with Crippen LogP contribution in [-0.4, -0.2) is 33.4 Å². The number of hydrogen-bond acceptors (Lipinski definition) is 7.